The number of benzene rings is 2. The van der Waals surface area contributed by atoms with Gasteiger partial charge in [0.25, 0.3) is 0 Å². The van der Waals surface area contributed by atoms with Crippen molar-refractivity contribution in [3.05, 3.63) is 54.1 Å². The monoisotopic (exact) mass is 358 g/mol. The topological polar surface area (TPSA) is 51.2 Å². The normalized spacial score (nSPS) is 12.1. The second-order valence-corrected chi connectivity index (χ2v) is 7.52. The van der Waals surface area contributed by atoms with Crippen LogP contribution in [0.3, 0.4) is 0 Å². The Kier molecular flexibility index (Phi) is 5.37. The quantitative estimate of drug-likeness (QED) is 0.669. The summed E-state index contributed by atoms with van der Waals surface area (Å²) in [6.07, 6.45) is 0. The van der Waals surface area contributed by atoms with E-state index in [2.05, 4.69) is 10.3 Å². The first-order valence-corrected chi connectivity index (χ1v) is 9.38. The Hall–Kier alpha value is -2.05. The highest BCUT2D eigenvalue weighted by molar-refractivity contribution is 8.01. The molecule has 4 nitrogen and oxygen atoms in total. The molecule has 24 heavy (non-hydrogen) atoms. The van der Waals surface area contributed by atoms with E-state index in [9.17, 15) is 4.79 Å². The summed E-state index contributed by atoms with van der Waals surface area (Å²) in [5, 5.41) is 3.01. The molecule has 3 aromatic rings. The fourth-order valence-corrected chi connectivity index (χ4v) is 4.30. The number of hydrogen-bond acceptors (Lipinski definition) is 5. The molecule has 1 N–H and O–H groups in total. The zero-order valence-electron chi connectivity index (χ0n) is 13.5. The smallest absolute Gasteiger partial charge is 0.230 e. The van der Waals surface area contributed by atoms with E-state index in [4.69, 9.17) is 4.74 Å². The van der Waals surface area contributed by atoms with Crippen LogP contribution in [0.5, 0.6) is 5.75 Å². The highest BCUT2D eigenvalue weighted by Gasteiger charge is 2.14. The number of rotatable bonds is 6. The molecular formula is C18H18N2O2S2. The fraction of sp³-hybridized carbons (Fsp3) is 0.222. The molecule has 124 valence electrons. The third-order valence-electron chi connectivity index (χ3n) is 3.58. The van der Waals surface area contributed by atoms with Crippen LogP contribution in [0.25, 0.3) is 10.2 Å². The van der Waals surface area contributed by atoms with Crippen LogP contribution in [-0.4, -0.2) is 23.8 Å². The molecule has 2 aromatic carbocycles. The number of ether oxygens (including phenoxy) is 1. The number of hydrogen-bond donors (Lipinski definition) is 1. The predicted molar refractivity (Wildman–Crippen MR) is 99.9 cm³/mol. The molecule has 0 saturated carbocycles. The van der Waals surface area contributed by atoms with Crippen molar-refractivity contribution >= 4 is 39.2 Å². The molecule has 0 bridgehead atoms. The summed E-state index contributed by atoms with van der Waals surface area (Å²) >= 11 is 3.08. The number of amides is 1. The molecule has 1 aromatic heterocycles. The molecule has 0 aliphatic rings. The molecule has 1 unspecified atom stereocenters. The molecule has 1 atom stereocenters. The van der Waals surface area contributed by atoms with Crippen molar-refractivity contribution in [3.8, 4) is 5.75 Å². The molecule has 0 fully saturated rings. The number of thiazole rings is 1. The second-order valence-electron chi connectivity index (χ2n) is 5.27. The van der Waals surface area contributed by atoms with E-state index < -0.39 is 0 Å². The van der Waals surface area contributed by atoms with Crippen LogP contribution in [0.15, 0.2) is 52.9 Å². The fourth-order valence-electron chi connectivity index (χ4n) is 2.43. The number of nitrogens with zero attached hydrogens (tertiary/aromatic N) is 1. The lowest BCUT2D eigenvalue weighted by Crippen LogP contribution is -2.28. The Morgan fingerprint density at radius 2 is 2.00 bits per heavy atom. The maximum Gasteiger partial charge on any atom is 0.230 e. The highest BCUT2D eigenvalue weighted by Crippen LogP contribution is 2.29. The number of carbonyl (C=O) groups is 1. The minimum absolute atomic E-state index is 0.0161. The van der Waals surface area contributed by atoms with E-state index in [0.29, 0.717) is 5.75 Å². The Morgan fingerprint density at radius 1 is 1.25 bits per heavy atom. The van der Waals surface area contributed by atoms with Crippen molar-refractivity contribution in [2.75, 3.05) is 12.9 Å². The number of fused-ring (bicyclic) bond motifs is 1. The maximum atomic E-state index is 12.2. The number of methoxy groups -OCH3 is 1. The molecule has 1 amide bonds. The van der Waals surface area contributed by atoms with Gasteiger partial charge in [0.2, 0.25) is 5.91 Å². The number of carbonyl (C=O) groups excluding carboxylic acids is 1. The second kappa shape index (κ2) is 7.68. The zero-order valence-corrected chi connectivity index (χ0v) is 15.1. The number of nitrogens with one attached hydrogen (secondary N) is 1. The first-order valence-electron chi connectivity index (χ1n) is 7.58. The van der Waals surface area contributed by atoms with E-state index in [0.717, 1.165) is 25.9 Å². The molecular weight excluding hydrogens is 340 g/mol. The van der Waals surface area contributed by atoms with Gasteiger partial charge < -0.3 is 10.1 Å². The largest absolute Gasteiger partial charge is 0.496 e. The number of thioether (sulfide) groups is 1. The van der Waals surface area contributed by atoms with Crippen LogP contribution in [0.1, 0.15) is 18.5 Å². The van der Waals surface area contributed by atoms with Crippen LogP contribution in [0.4, 0.5) is 0 Å². The molecule has 6 heteroatoms. The van der Waals surface area contributed by atoms with Crippen LogP contribution >= 0.6 is 23.1 Å². The van der Waals surface area contributed by atoms with Crippen molar-refractivity contribution in [2.24, 2.45) is 0 Å². The van der Waals surface area contributed by atoms with Gasteiger partial charge in [-0.2, -0.15) is 0 Å². The van der Waals surface area contributed by atoms with E-state index in [-0.39, 0.29) is 11.9 Å². The highest BCUT2D eigenvalue weighted by atomic mass is 32.2. The summed E-state index contributed by atoms with van der Waals surface area (Å²) in [6, 6.07) is 15.6. The van der Waals surface area contributed by atoms with Crippen molar-refractivity contribution in [1.29, 1.82) is 0 Å². The average Bonchev–Trinajstić information content (AvgIpc) is 3.03. The first kappa shape index (κ1) is 16.8. The van der Waals surface area contributed by atoms with Gasteiger partial charge in [-0.3, -0.25) is 4.79 Å². The molecule has 0 aliphatic heterocycles. The summed E-state index contributed by atoms with van der Waals surface area (Å²) in [5.41, 5.74) is 1.95. The lowest BCUT2D eigenvalue weighted by molar-refractivity contribution is -0.119. The van der Waals surface area contributed by atoms with Crippen LogP contribution in [0, 0.1) is 0 Å². The van der Waals surface area contributed by atoms with Crippen molar-refractivity contribution in [3.63, 3.8) is 0 Å². The molecule has 3 rings (SSSR count). The summed E-state index contributed by atoms with van der Waals surface area (Å²) in [6.45, 7) is 1.96. The maximum absolute atomic E-state index is 12.2. The van der Waals surface area contributed by atoms with Crippen LogP contribution in [-0.2, 0) is 4.79 Å². The third kappa shape index (κ3) is 3.88. The van der Waals surface area contributed by atoms with Crippen molar-refractivity contribution in [1.82, 2.24) is 10.3 Å². The van der Waals surface area contributed by atoms with Gasteiger partial charge in [0.05, 0.1) is 29.1 Å². The number of para-hydroxylation sites is 2. The summed E-state index contributed by atoms with van der Waals surface area (Å²) in [4.78, 5) is 16.7. The van der Waals surface area contributed by atoms with Gasteiger partial charge in [-0.05, 0) is 25.1 Å². The van der Waals surface area contributed by atoms with E-state index in [1.54, 1.807) is 18.4 Å². The van der Waals surface area contributed by atoms with Crippen molar-refractivity contribution < 1.29 is 9.53 Å². The zero-order chi connectivity index (χ0) is 16.9. The number of aromatic nitrogens is 1. The first-order chi connectivity index (χ1) is 11.7. The van der Waals surface area contributed by atoms with Gasteiger partial charge in [0, 0.05) is 5.56 Å². The van der Waals surface area contributed by atoms with Crippen molar-refractivity contribution in [2.45, 2.75) is 17.3 Å². The molecule has 0 spiro atoms. The third-order valence-corrected chi connectivity index (χ3v) is 5.76. The molecule has 1 heterocycles. The Labute approximate surface area is 149 Å². The van der Waals surface area contributed by atoms with E-state index >= 15 is 0 Å². The summed E-state index contributed by atoms with van der Waals surface area (Å²) in [5.74, 6) is 1.11. The average molecular weight is 358 g/mol. The Bertz CT molecular complexity index is 815. The van der Waals surface area contributed by atoms with Crippen LogP contribution < -0.4 is 10.1 Å². The van der Waals surface area contributed by atoms with E-state index in [1.807, 2.05) is 55.5 Å². The van der Waals surface area contributed by atoms with Gasteiger partial charge in [-0.25, -0.2) is 4.98 Å². The van der Waals surface area contributed by atoms with E-state index in [1.165, 1.54) is 11.8 Å². The standard InChI is InChI=1S/C18H18N2O2S2/c1-12(13-7-3-5-9-15(13)22-2)19-17(21)11-23-18-20-14-8-4-6-10-16(14)24-18/h3-10,12H,11H2,1-2H3,(H,19,21). The van der Waals surface area contributed by atoms with Crippen LogP contribution in [0.2, 0.25) is 0 Å². The van der Waals surface area contributed by atoms with Gasteiger partial charge in [-0.15, -0.1) is 11.3 Å². The van der Waals surface area contributed by atoms with Gasteiger partial charge in [-0.1, -0.05) is 42.1 Å². The molecule has 0 saturated heterocycles. The Morgan fingerprint density at radius 3 is 2.79 bits per heavy atom. The lowest BCUT2D eigenvalue weighted by Gasteiger charge is -2.16. The van der Waals surface area contributed by atoms with Gasteiger partial charge >= 0.3 is 0 Å². The van der Waals surface area contributed by atoms with Gasteiger partial charge in [0.1, 0.15) is 5.75 Å². The lowest BCUT2D eigenvalue weighted by atomic mass is 10.1. The molecule has 0 radical (unpaired) electrons. The minimum atomic E-state index is -0.107. The van der Waals surface area contributed by atoms with Gasteiger partial charge in [0.15, 0.2) is 4.34 Å². The predicted octanol–water partition coefficient (Wildman–Crippen LogP) is 4.27. The Balaban J connectivity index is 1.59. The summed E-state index contributed by atoms with van der Waals surface area (Å²) < 4.78 is 7.40. The SMILES string of the molecule is COc1ccccc1C(C)NC(=O)CSc1nc2ccccc2s1. The minimum Gasteiger partial charge on any atom is -0.496 e. The summed E-state index contributed by atoms with van der Waals surface area (Å²) in [7, 11) is 1.64. The molecule has 0 aliphatic carbocycles.